The summed E-state index contributed by atoms with van der Waals surface area (Å²) >= 11 is 1.73. The molecule has 0 aliphatic carbocycles. The summed E-state index contributed by atoms with van der Waals surface area (Å²) in [5.41, 5.74) is 1.24. The topological polar surface area (TPSA) is 18.5 Å². The summed E-state index contributed by atoms with van der Waals surface area (Å²) in [7, 11) is 1.79. The van der Waals surface area contributed by atoms with Gasteiger partial charge in [0.1, 0.15) is 0 Å². The van der Waals surface area contributed by atoms with Gasteiger partial charge in [0.05, 0.1) is 5.60 Å². The molecule has 1 fully saturated rings. The summed E-state index contributed by atoms with van der Waals surface area (Å²) in [6, 6.07) is 2.15. The summed E-state index contributed by atoms with van der Waals surface area (Å²) < 4.78 is 11.0. The zero-order valence-electron chi connectivity index (χ0n) is 7.79. The van der Waals surface area contributed by atoms with Crippen molar-refractivity contribution in [2.24, 2.45) is 0 Å². The minimum Gasteiger partial charge on any atom is -0.381 e. The molecule has 0 spiro atoms. The van der Waals surface area contributed by atoms with Crippen molar-refractivity contribution in [3.8, 4) is 0 Å². The predicted octanol–water partition coefficient (Wildman–Crippen LogP) is 2.40. The summed E-state index contributed by atoms with van der Waals surface area (Å²) in [6.45, 7) is 1.62. The molecule has 2 rings (SSSR count). The van der Waals surface area contributed by atoms with Gasteiger partial charge in [-0.3, -0.25) is 0 Å². The molecule has 0 amide bonds. The molecule has 72 valence electrons. The molecule has 3 heteroatoms. The molecular weight excluding hydrogens is 184 g/mol. The third-order valence-corrected chi connectivity index (χ3v) is 3.42. The fraction of sp³-hybridized carbons (Fsp3) is 0.600. The largest absolute Gasteiger partial charge is 0.381 e. The van der Waals surface area contributed by atoms with Crippen LogP contribution < -0.4 is 0 Å². The van der Waals surface area contributed by atoms with Gasteiger partial charge in [0, 0.05) is 33.2 Å². The second-order valence-electron chi connectivity index (χ2n) is 3.32. The van der Waals surface area contributed by atoms with Gasteiger partial charge in [0.25, 0.3) is 0 Å². The van der Waals surface area contributed by atoms with E-state index in [1.807, 2.05) is 0 Å². The van der Waals surface area contributed by atoms with E-state index in [4.69, 9.17) is 9.47 Å². The van der Waals surface area contributed by atoms with Gasteiger partial charge in [-0.05, 0) is 22.4 Å². The van der Waals surface area contributed by atoms with Crippen LogP contribution in [0.3, 0.4) is 0 Å². The van der Waals surface area contributed by atoms with Crippen LogP contribution in [-0.2, 0) is 15.1 Å². The van der Waals surface area contributed by atoms with Crippen molar-refractivity contribution in [1.29, 1.82) is 0 Å². The number of thiophene rings is 1. The number of ether oxygens (including phenoxy) is 2. The van der Waals surface area contributed by atoms with E-state index in [1.54, 1.807) is 18.4 Å². The van der Waals surface area contributed by atoms with Crippen LogP contribution in [0.25, 0.3) is 0 Å². The van der Waals surface area contributed by atoms with E-state index in [2.05, 4.69) is 16.8 Å². The Morgan fingerprint density at radius 2 is 2.23 bits per heavy atom. The fourth-order valence-corrected chi connectivity index (χ4v) is 2.58. The van der Waals surface area contributed by atoms with Gasteiger partial charge in [0.15, 0.2) is 0 Å². The van der Waals surface area contributed by atoms with Crippen LogP contribution in [0.4, 0.5) is 0 Å². The molecule has 2 nitrogen and oxygen atoms in total. The first-order valence-electron chi connectivity index (χ1n) is 4.53. The molecule has 1 aliphatic rings. The van der Waals surface area contributed by atoms with Gasteiger partial charge in [-0.15, -0.1) is 0 Å². The maximum atomic E-state index is 5.65. The number of methoxy groups -OCH3 is 1. The Bertz CT molecular complexity index is 250. The van der Waals surface area contributed by atoms with Gasteiger partial charge >= 0.3 is 0 Å². The van der Waals surface area contributed by atoms with Crippen LogP contribution in [0.15, 0.2) is 16.8 Å². The number of rotatable bonds is 2. The molecule has 1 saturated heterocycles. The van der Waals surface area contributed by atoms with Crippen LogP contribution in [-0.4, -0.2) is 20.3 Å². The van der Waals surface area contributed by atoms with Gasteiger partial charge in [-0.1, -0.05) is 0 Å². The predicted molar refractivity (Wildman–Crippen MR) is 53.1 cm³/mol. The quantitative estimate of drug-likeness (QED) is 0.726. The third-order valence-electron chi connectivity index (χ3n) is 2.74. The SMILES string of the molecule is COC1(c2ccsc2)CCOCC1. The maximum absolute atomic E-state index is 5.65. The highest BCUT2D eigenvalue weighted by Crippen LogP contribution is 2.36. The zero-order chi connectivity index (χ0) is 9.15. The van der Waals surface area contributed by atoms with Crippen LogP contribution in [0.5, 0.6) is 0 Å². The number of hydrogen-bond acceptors (Lipinski definition) is 3. The lowest BCUT2D eigenvalue weighted by molar-refractivity contribution is -0.0945. The molecule has 1 aromatic heterocycles. The summed E-state index contributed by atoms with van der Waals surface area (Å²) in [5, 5.41) is 4.28. The second kappa shape index (κ2) is 3.78. The van der Waals surface area contributed by atoms with E-state index in [-0.39, 0.29) is 5.60 Å². The highest BCUT2D eigenvalue weighted by molar-refractivity contribution is 7.08. The Morgan fingerprint density at radius 3 is 2.77 bits per heavy atom. The van der Waals surface area contributed by atoms with Crippen molar-refractivity contribution >= 4 is 11.3 Å². The zero-order valence-corrected chi connectivity index (χ0v) is 8.60. The summed E-state index contributed by atoms with van der Waals surface area (Å²) in [5.74, 6) is 0. The van der Waals surface area contributed by atoms with Crippen molar-refractivity contribution in [1.82, 2.24) is 0 Å². The average molecular weight is 198 g/mol. The Labute approximate surface area is 82.5 Å². The molecule has 1 aliphatic heterocycles. The van der Waals surface area contributed by atoms with Crippen molar-refractivity contribution < 1.29 is 9.47 Å². The van der Waals surface area contributed by atoms with Crippen molar-refractivity contribution in [2.45, 2.75) is 18.4 Å². The first-order valence-corrected chi connectivity index (χ1v) is 5.47. The molecule has 0 unspecified atom stereocenters. The van der Waals surface area contributed by atoms with E-state index in [0.717, 1.165) is 26.1 Å². The van der Waals surface area contributed by atoms with Crippen molar-refractivity contribution in [3.63, 3.8) is 0 Å². The molecule has 0 N–H and O–H groups in total. The third kappa shape index (κ3) is 1.64. The minimum absolute atomic E-state index is 0.0712. The molecule has 0 saturated carbocycles. The molecular formula is C10H14O2S. The summed E-state index contributed by atoms with van der Waals surface area (Å²) in [6.07, 6.45) is 1.94. The van der Waals surface area contributed by atoms with Crippen molar-refractivity contribution in [3.05, 3.63) is 22.4 Å². The van der Waals surface area contributed by atoms with Gasteiger partial charge in [-0.2, -0.15) is 11.3 Å². The van der Waals surface area contributed by atoms with Gasteiger partial charge in [0.2, 0.25) is 0 Å². The monoisotopic (exact) mass is 198 g/mol. The minimum atomic E-state index is -0.0712. The smallest absolute Gasteiger partial charge is 0.0979 e. The lowest BCUT2D eigenvalue weighted by atomic mass is 9.88. The molecule has 2 heterocycles. The van der Waals surface area contributed by atoms with Crippen LogP contribution in [0, 0.1) is 0 Å². The highest BCUT2D eigenvalue weighted by Gasteiger charge is 2.34. The first kappa shape index (κ1) is 9.19. The van der Waals surface area contributed by atoms with Crippen LogP contribution in [0.1, 0.15) is 18.4 Å². The second-order valence-corrected chi connectivity index (χ2v) is 4.10. The molecule has 0 bridgehead atoms. The number of hydrogen-bond donors (Lipinski definition) is 0. The molecule has 0 atom stereocenters. The van der Waals surface area contributed by atoms with E-state index >= 15 is 0 Å². The Balaban J connectivity index is 2.23. The Morgan fingerprint density at radius 1 is 1.46 bits per heavy atom. The van der Waals surface area contributed by atoms with Gasteiger partial charge < -0.3 is 9.47 Å². The standard InChI is InChI=1S/C10H14O2S/c1-11-10(3-5-12-6-4-10)9-2-7-13-8-9/h2,7-8H,3-6H2,1H3. The van der Waals surface area contributed by atoms with Crippen LogP contribution in [0.2, 0.25) is 0 Å². The molecule has 13 heavy (non-hydrogen) atoms. The Hall–Kier alpha value is -0.380. The average Bonchev–Trinajstić information content (AvgIpc) is 2.72. The Kier molecular flexibility index (Phi) is 2.67. The first-order chi connectivity index (χ1) is 6.37. The van der Waals surface area contributed by atoms with E-state index in [0.29, 0.717) is 0 Å². The summed E-state index contributed by atoms with van der Waals surface area (Å²) in [4.78, 5) is 0. The van der Waals surface area contributed by atoms with E-state index in [1.165, 1.54) is 5.56 Å². The lowest BCUT2D eigenvalue weighted by Gasteiger charge is -2.35. The fourth-order valence-electron chi connectivity index (χ4n) is 1.84. The molecule has 0 radical (unpaired) electrons. The molecule has 0 aromatic carbocycles. The van der Waals surface area contributed by atoms with Crippen LogP contribution >= 0.6 is 11.3 Å². The van der Waals surface area contributed by atoms with Crippen molar-refractivity contribution in [2.75, 3.05) is 20.3 Å². The highest BCUT2D eigenvalue weighted by atomic mass is 32.1. The molecule has 1 aromatic rings. The van der Waals surface area contributed by atoms with E-state index < -0.39 is 0 Å². The lowest BCUT2D eigenvalue weighted by Crippen LogP contribution is -2.35. The van der Waals surface area contributed by atoms with E-state index in [9.17, 15) is 0 Å². The maximum Gasteiger partial charge on any atom is 0.0979 e. The van der Waals surface area contributed by atoms with Gasteiger partial charge in [-0.25, -0.2) is 0 Å². The normalized spacial score (nSPS) is 21.6.